The van der Waals surface area contributed by atoms with Gasteiger partial charge in [-0.3, -0.25) is 24.0 Å². The predicted octanol–water partition coefficient (Wildman–Crippen LogP) is 3.82. The van der Waals surface area contributed by atoms with E-state index in [9.17, 15) is 19.7 Å². The lowest BCUT2D eigenvalue weighted by atomic mass is 9.92. The van der Waals surface area contributed by atoms with Crippen LogP contribution in [0.2, 0.25) is 0 Å². The van der Waals surface area contributed by atoms with Crippen LogP contribution in [0.3, 0.4) is 0 Å². The molecule has 1 aromatic heterocycles. The Labute approximate surface area is 195 Å². The Balaban J connectivity index is 1.75. The van der Waals surface area contributed by atoms with E-state index in [1.807, 2.05) is 6.07 Å². The van der Waals surface area contributed by atoms with Crippen molar-refractivity contribution < 1.29 is 23.9 Å². The largest absolute Gasteiger partial charge is 0.493 e. The zero-order valence-electron chi connectivity index (χ0n) is 19.4. The number of imidazole rings is 1. The van der Waals surface area contributed by atoms with E-state index in [-0.39, 0.29) is 36.0 Å². The van der Waals surface area contributed by atoms with Crippen molar-refractivity contribution >= 4 is 22.7 Å². The lowest BCUT2D eigenvalue weighted by Gasteiger charge is -2.28. The number of nitrogens with zero attached hydrogens (tertiary/aromatic N) is 3. The van der Waals surface area contributed by atoms with Gasteiger partial charge in [0, 0.05) is 25.1 Å². The normalized spacial score (nSPS) is 18.0. The molecule has 180 valence electrons. The van der Waals surface area contributed by atoms with Crippen molar-refractivity contribution in [2.45, 2.75) is 51.3 Å². The van der Waals surface area contributed by atoms with Crippen LogP contribution in [-0.2, 0) is 16.1 Å². The summed E-state index contributed by atoms with van der Waals surface area (Å²) in [6.07, 6.45) is 2.51. The van der Waals surface area contributed by atoms with E-state index < -0.39 is 4.92 Å². The van der Waals surface area contributed by atoms with Crippen LogP contribution < -0.4 is 15.2 Å². The molecule has 0 bridgehead atoms. The number of carbonyl (C=O) groups excluding carboxylic acids is 1. The quantitative estimate of drug-likeness (QED) is 0.293. The van der Waals surface area contributed by atoms with Gasteiger partial charge in [-0.05, 0) is 49.4 Å². The molecule has 10 nitrogen and oxygen atoms in total. The van der Waals surface area contributed by atoms with E-state index in [0.717, 1.165) is 5.56 Å². The number of nitro benzene ring substituents is 1. The van der Waals surface area contributed by atoms with Gasteiger partial charge in [-0.15, -0.1) is 0 Å². The topological polar surface area (TPSA) is 115 Å². The highest BCUT2D eigenvalue weighted by Crippen LogP contribution is 2.33. The fourth-order valence-corrected chi connectivity index (χ4v) is 4.70. The van der Waals surface area contributed by atoms with Gasteiger partial charge in [-0.25, -0.2) is 4.79 Å². The molecule has 1 aliphatic carbocycles. The molecule has 0 unspecified atom stereocenters. The second-order valence-corrected chi connectivity index (χ2v) is 8.40. The molecule has 0 atom stereocenters. The minimum atomic E-state index is -0.466. The SMILES string of the molecule is COc1ccc(Cn2c(=O)n(C3CCC(OC(C)=O)CC3)c3ccc([N+](=O)[O-])cc32)cc1OC. The summed E-state index contributed by atoms with van der Waals surface area (Å²) in [5, 5.41) is 11.4. The van der Waals surface area contributed by atoms with E-state index in [1.165, 1.54) is 26.2 Å². The smallest absolute Gasteiger partial charge is 0.329 e. The van der Waals surface area contributed by atoms with Crippen molar-refractivity contribution in [3.63, 3.8) is 0 Å². The molecular weight excluding hydrogens is 442 g/mol. The Morgan fingerprint density at radius 3 is 2.35 bits per heavy atom. The minimum Gasteiger partial charge on any atom is -0.493 e. The molecule has 0 saturated heterocycles. The molecule has 34 heavy (non-hydrogen) atoms. The number of hydrogen-bond acceptors (Lipinski definition) is 7. The molecule has 0 spiro atoms. The molecule has 4 rings (SSSR count). The number of benzene rings is 2. The van der Waals surface area contributed by atoms with Gasteiger partial charge in [-0.1, -0.05) is 6.07 Å². The van der Waals surface area contributed by atoms with Crippen LogP contribution in [0.15, 0.2) is 41.2 Å². The number of carbonyl (C=O) groups is 1. The molecule has 0 aliphatic heterocycles. The van der Waals surface area contributed by atoms with Crippen LogP contribution >= 0.6 is 0 Å². The van der Waals surface area contributed by atoms with Crippen LogP contribution in [-0.4, -0.2) is 40.4 Å². The highest BCUT2D eigenvalue weighted by atomic mass is 16.6. The van der Waals surface area contributed by atoms with Crippen molar-refractivity contribution in [2.75, 3.05) is 14.2 Å². The molecule has 2 aromatic carbocycles. The summed E-state index contributed by atoms with van der Waals surface area (Å²) < 4.78 is 19.3. The Bertz CT molecular complexity index is 1290. The summed E-state index contributed by atoms with van der Waals surface area (Å²) in [4.78, 5) is 35.9. The summed E-state index contributed by atoms with van der Waals surface area (Å²) in [5.41, 5.74) is 1.62. The first kappa shape index (κ1) is 23.3. The molecule has 3 aromatic rings. The molecule has 10 heteroatoms. The lowest BCUT2D eigenvalue weighted by molar-refractivity contribution is -0.384. The zero-order valence-corrected chi connectivity index (χ0v) is 19.4. The average molecular weight is 469 g/mol. The standard InChI is InChI=1S/C24H27N3O7/c1-15(28)34-19-8-5-17(6-9-19)26-20-10-7-18(27(30)31)13-21(20)25(24(26)29)14-16-4-11-22(32-2)23(12-16)33-3/h4,7,10-13,17,19H,5-6,8-9,14H2,1-3H3. The molecule has 1 saturated carbocycles. The van der Waals surface area contributed by atoms with Crippen molar-refractivity contribution in [3.8, 4) is 11.5 Å². The number of methoxy groups -OCH3 is 2. The predicted molar refractivity (Wildman–Crippen MR) is 125 cm³/mol. The number of non-ortho nitro benzene ring substituents is 1. The van der Waals surface area contributed by atoms with Crippen LogP contribution in [0.1, 0.15) is 44.2 Å². The molecule has 1 heterocycles. The minimum absolute atomic E-state index is 0.0794. The van der Waals surface area contributed by atoms with E-state index in [0.29, 0.717) is 48.2 Å². The van der Waals surface area contributed by atoms with Gasteiger partial charge >= 0.3 is 11.7 Å². The van der Waals surface area contributed by atoms with Crippen molar-refractivity contribution in [2.24, 2.45) is 0 Å². The van der Waals surface area contributed by atoms with Gasteiger partial charge in [0.15, 0.2) is 11.5 Å². The average Bonchev–Trinajstić information content (AvgIpc) is 3.09. The second-order valence-electron chi connectivity index (χ2n) is 8.40. The molecule has 1 aliphatic rings. The Morgan fingerprint density at radius 1 is 1.03 bits per heavy atom. The van der Waals surface area contributed by atoms with E-state index in [4.69, 9.17) is 14.2 Å². The summed E-state index contributed by atoms with van der Waals surface area (Å²) in [5.74, 6) is 0.798. The first-order valence-electron chi connectivity index (χ1n) is 11.1. The van der Waals surface area contributed by atoms with Crippen LogP contribution in [0.5, 0.6) is 11.5 Å². The third-order valence-electron chi connectivity index (χ3n) is 6.29. The Kier molecular flexibility index (Phi) is 6.58. The Morgan fingerprint density at radius 2 is 1.74 bits per heavy atom. The van der Waals surface area contributed by atoms with Gasteiger partial charge in [0.1, 0.15) is 6.10 Å². The van der Waals surface area contributed by atoms with Gasteiger partial charge in [0.25, 0.3) is 5.69 Å². The summed E-state index contributed by atoms with van der Waals surface area (Å²) >= 11 is 0. The molecule has 0 N–H and O–H groups in total. The molecule has 0 amide bonds. The molecule has 0 radical (unpaired) electrons. The third-order valence-corrected chi connectivity index (χ3v) is 6.29. The Hall–Kier alpha value is -3.82. The summed E-state index contributed by atoms with van der Waals surface area (Å²) in [7, 11) is 3.08. The number of nitro groups is 1. The fourth-order valence-electron chi connectivity index (χ4n) is 4.70. The van der Waals surface area contributed by atoms with Crippen LogP contribution in [0.25, 0.3) is 11.0 Å². The number of esters is 1. The third kappa shape index (κ3) is 4.48. The number of aromatic nitrogens is 2. The maximum atomic E-state index is 13.6. The van der Waals surface area contributed by atoms with E-state index in [2.05, 4.69) is 0 Å². The zero-order chi connectivity index (χ0) is 24.4. The maximum Gasteiger partial charge on any atom is 0.329 e. The van der Waals surface area contributed by atoms with Gasteiger partial charge in [-0.2, -0.15) is 0 Å². The lowest BCUT2D eigenvalue weighted by Crippen LogP contribution is -2.32. The van der Waals surface area contributed by atoms with Crippen LogP contribution in [0.4, 0.5) is 5.69 Å². The molecular formula is C24H27N3O7. The number of fused-ring (bicyclic) bond motifs is 1. The van der Waals surface area contributed by atoms with Crippen LogP contribution in [0, 0.1) is 10.1 Å². The maximum absolute atomic E-state index is 13.6. The first-order valence-corrected chi connectivity index (χ1v) is 11.1. The van der Waals surface area contributed by atoms with Gasteiger partial charge in [0.2, 0.25) is 0 Å². The first-order chi connectivity index (χ1) is 16.3. The highest BCUT2D eigenvalue weighted by molar-refractivity contribution is 5.79. The number of ether oxygens (including phenoxy) is 3. The summed E-state index contributed by atoms with van der Waals surface area (Å²) in [6.45, 7) is 1.61. The van der Waals surface area contributed by atoms with Crippen molar-refractivity contribution in [1.29, 1.82) is 0 Å². The summed E-state index contributed by atoms with van der Waals surface area (Å²) in [6, 6.07) is 9.79. The number of rotatable bonds is 7. The number of hydrogen-bond donors (Lipinski definition) is 0. The monoisotopic (exact) mass is 469 g/mol. The van der Waals surface area contributed by atoms with E-state index >= 15 is 0 Å². The fraction of sp³-hybridized carbons (Fsp3) is 0.417. The van der Waals surface area contributed by atoms with Gasteiger partial charge in [0.05, 0.1) is 36.7 Å². The van der Waals surface area contributed by atoms with Crippen molar-refractivity contribution in [3.05, 3.63) is 62.6 Å². The molecule has 1 fully saturated rings. The highest BCUT2D eigenvalue weighted by Gasteiger charge is 2.28. The second kappa shape index (κ2) is 9.58. The van der Waals surface area contributed by atoms with Gasteiger partial charge < -0.3 is 14.2 Å². The van der Waals surface area contributed by atoms with E-state index in [1.54, 1.807) is 34.4 Å². The van der Waals surface area contributed by atoms with Crippen molar-refractivity contribution in [1.82, 2.24) is 9.13 Å².